The lowest BCUT2D eigenvalue weighted by Gasteiger charge is -2.33. The van der Waals surface area contributed by atoms with Crippen LogP contribution < -0.4 is 5.32 Å². The number of carbonyl (C=O) groups excluding carboxylic acids is 1. The zero-order valence-electron chi connectivity index (χ0n) is 9.50. The summed E-state index contributed by atoms with van der Waals surface area (Å²) in [4.78, 5) is 11.9. The van der Waals surface area contributed by atoms with Crippen LogP contribution in [0.1, 0.15) is 39.0 Å². The van der Waals surface area contributed by atoms with Crippen LogP contribution >= 0.6 is 0 Å². The number of ether oxygens (including phenoxy) is 1. The molecule has 1 heterocycles. The van der Waals surface area contributed by atoms with Gasteiger partial charge in [0.05, 0.1) is 13.2 Å². The highest BCUT2D eigenvalue weighted by Gasteiger charge is 2.31. The Labute approximate surface area is 91.6 Å². The van der Waals surface area contributed by atoms with Crippen molar-refractivity contribution < 1.29 is 9.53 Å². The quantitative estimate of drug-likeness (QED) is 0.668. The average Bonchev–Trinajstić information content (AvgIpc) is 2.43. The summed E-state index contributed by atoms with van der Waals surface area (Å²) in [5.41, 5.74) is 0. The minimum absolute atomic E-state index is 0.204. The van der Waals surface area contributed by atoms with Crippen LogP contribution in [0.2, 0.25) is 0 Å². The number of Topliss-reactive ketones (excluding diaryl/α,β-unsaturated/α-hetero) is 1. The minimum Gasteiger partial charge on any atom is -0.378 e. The molecule has 0 aromatic heterocycles. The molecule has 0 bridgehead atoms. The zero-order chi connectivity index (χ0) is 10.7. The molecule has 0 spiro atoms. The predicted octanol–water partition coefficient (Wildman–Crippen LogP) is 1.51. The second kappa shape index (κ2) is 5.08. The van der Waals surface area contributed by atoms with E-state index in [0.717, 1.165) is 25.9 Å². The largest absolute Gasteiger partial charge is 0.378 e. The topological polar surface area (TPSA) is 38.3 Å². The fourth-order valence-corrected chi connectivity index (χ4v) is 2.68. The first-order valence-electron chi connectivity index (χ1n) is 6.14. The molecule has 2 fully saturated rings. The molecule has 1 N–H and O–H groups in total. The molecule has 1 aliphatic carbocycles. The van der Waals surface area contributed by atoms with E-state index >= 15 is 0 Å². The van der Waals surface area contributed by atoms with Crippen LogP contribution in [0.25, 0.3) is 0 Å². The summed E-state index contributed by atoms with van der Waals surface area (Å²) in [5, 5.41) is 3.50. The molecule has 2 rings (SSSR count). The van der Waals surface area contributed by atoms with Gasteiger partial charge in [-0.2, -0.15) is 0 Å². The summed E-state index contributed by atoms with van der Waals surface area (Å²) in [6.45, 7) is 3.60. The first-order valence-corrected chi connectivity index (χ1v) is 6.14. The van der Waals surface area contributed by atoms with Crippen molar-refractivity contribution in [1.82, 2.24) is 5.32 Å². The van der Waals surface area contributed by atoms with Crippen molar-refractivity contribution in [3.05, 3.63) is 0 Å². The van der Waals surface area contributed by atoms with E-state index in [1.807, 2.05) is 0 Å². The summed E-state index contributed by atoms with van der Waals surface area (Å²) in [7, 11) is 0. The third-order valence-corrected chi connectivity index (χ3v) is 3.50. The van der Waals surface area contributed by atoms with Crippen molar-refractivity contribution in [3.63, 3.8) is 0 Å². The van der Waals surface area contributed by atoms with E-state index in [9.17, 15) is 4.79 Å². The van der Waals surface area contributed by atoms with Gasteiger partial charge in [-0.05, 0) is 19.8 Å². The molecule has 1 saturated carbocycles. The second-order valence-corrected chi connectivity index (χ2v) is 4.88. The molecule has 0 amide bonds. The van der Waals surface area contributed by atoms with Gasteiger partial charge in [-0.3, -0.25) is 4.79 Å². The van der Waals surface area contributed by atoms with Gasteiger partial charge in [0.2, 0.25) is 0 Å². The Morgan fingerprint density at radius 1 is 1.27 bits per heavy atom. The lowest BCUT2D eigenvalue weighted by Crippen LogP contribution is -2.52. The lowest BCUT2D eigenvalue weighted by atomic mass is 9.90. The van der Waals surface area contributed by atoms with Crippen LogP contribution in [0.15, 0.2) is 0 Å². The van der Waals surface area contributed by atoms with Crippen molar-refractivity contribution >= 4 is 5.78 Å². The highest BCUT2D eigenvalue weighted by Crippen LogP contribution is 2.24. The normalized spacial score (nSPS) is 38.7. The molecule has 0 aromatic carbocycles. The third kappa shape index (κ3) is 2.79. The van der Waals surface area contributed by atoms with E-state index < -0.39 is 0 Å². The third-order valence-electron chi connectivity index (χ3n) is 3.50. The number of nitrogens with one attached hydrogen (secondary N) is 1. The van der Waals surface area contributed by atoms with Gasteiger partial charge in [0, 0.05) is 24.4 Å². The summed E-state index contributed by atoms with van der Waals surface area (Å²) in [5.74, 6) is 0.651. The molecule has 1 aliphatic heterocycles. The molecule has 86 valence electrons. The maximum absolute atomic E-state index is 11.9. The highest BCUT2D eigenvalue weighted by molar-refractivity contribution is 5.81. The summed E-state index contributed by atoms with van der Waals surface area (Å²) >= 11 is 0. The smallest absolute Gasteiger partial charge is 0.137 e. The van der Waals surface area contributed by atoms with Gasteiger partial charge < -0.3 is 10.1 Å². The van der Waals surface area contributed by atoms with Crippen molar-refractivity contribution in [3.8, 4) is 0 Å². The van der Waals surface area contributed by atoms with E-state index in [1.165, 1.54) is 12.8 Å². The van der Waals surface area contributed by atoms with Gasteiger partial charge in [-0.1, -0.05) is 12.8 Å². The Balaban J connectivity index is 1.97. The van der Waals surface area contributed by atoms with Gasteiger partial charge in [0.15, 0.2) is 0 Å². The molecule has 3 atom stereocenters. The minimum atomic E-state index is 0.204. The van der Waals surface area contributed by atoms with Crippen LogP contribution in [0.4, 0.5) is 0 Å². The standard InChI is InChI=1S/C12H21NO2/c1-9-7-15-8-11(13-9)10-5-3-2-4-6-12(10)14/h9-11,13H,2-8H2,1H3. The maximum Gasteiger partial charge on any atom is 0.137 e. The molecule has 1 saturated heterocycles. The van der Waals surface area contributed by atoms with E-state index in [2.05, 4.69) is 12.2 Å². The van der Waals surface area contributed by atoms with Gasteiger partial charge in [0.25, 0.3) is 0 Å². The van der Waals surface area contributed by atoms with Crippen LogP contribution in [-0.4, -0.2) is 31.1 Å². The fourth-order valence-electron chi connectivity index (χ4n) is 2.68. The van der Waals surface area contributed by atoms with Gasteiger partial charge in [-0.25, -0.2) is 0 Å². The number of morpholine rings is 1. The Morgan fingerprint density at radius 3 is 2.93 bits per heavy atom. The number of hydrogen-bond donors (Lipinski definition) is 1. The summed E-state index contributed by atoms with van der Waals surface area (Å²) < 4.78 is 5.52. The first-order chi connectivity index (χ1) is 7.27. The van der Waals surface area contributed by atoms with Crippen LogP contribution in [0.5, 0.6) is 0 Å². The Kier molecular flexibility index (Phi) is 3.76. The molecule has 0 radical (unpaired) electrons. The van der Waals surface area contributed by atoms with Crippen molar-refractivity contribution in [2.24, 2.45) is 5.92 Å². The molecule has 3 nitrogen and oxygen atoms in total. The van der Waals surface area contributed by atoms with Crippen LogP contribution in [-0.2, 0) is 9.53 Å². The second-order valence-electron chi connectivity index (χ2n) is 4.88. The van der Waals surface area contributed by atoms with Crippen LogP contribution in [0.3, 0.4) is 0 Å². The lowest BCUT2D eigenvalue weighted by molar-refractivity contribution is -0.125. The number of carbonyl (C=O) groups is 1. The monoisotopic (exact) mass is 211 g/mol. The molecule has 15 heavy (non-hydrogen) atoms. The highest BCUT2D eigenvalue weighted by atomic mass is 16.5. The number of rotatable bonds is 1. The van der Waals surface area contributed by atoms with Crippen molar-refractivity contribution in [2.75, 3.05) is 13.2 Å². The molecule has 2 aliphatic rings. The SMILES string of the molecule is CC1COCC(C2CCCCCC2=O)N1. The Bertz CT molecular complexity index is 230. The van der Waals surface area contributed by atoms with Gasteiger partial charge >= 0.3 is 0 Å². The average molecular weight is 211 g/mol. The summed E-state index contributed by atoms with van der Waals surface area (Å²) in [6.07, 6.45) is 5.32. The van der Waals surface area contributed by atoms with E-state index in [0.29, 0.717) is 18.4 Å². The fraction of sp³-hybridized carbons (Fsp3) is 0.917. The Hall–Kier alpha value is -0.410. The van der Waals surface area contributed by atoms with E-state index in [-0.39, 0.29) is 12.0 Å². The zero-order valence-corrected chi connectivity index (χ0v) is 9.50. The molecule has 3 unspecified atom stereocenters. The van der Waals surface area contributed by atoms with Crippen LogP contribution in [0, 0.1) is 5.92 Å². The Morgan fingerprint density at radius 2 is 2.13 bits per heavy atom. The number of ketones is 1. The van der Waals surface area contributed by atoms with Crippen molar-refractivity contribution in [2.45, 2.75) is 51.1 Å². The predicted molar refractivity (Wildman–Crippen MR) is 58.8 cm³/mol. The molecule has 0 aromatic rings. The molecule has 3 heteroatoms. The van der Waals surface area contributed by atoms with Gasteiger partial charge in [-0.15, -0.1) is 0 Å². The first kappa shape index (κ1) is 11.1. The van der Waals surface area contributed by atoms with E-state index in [4.69, 9.17) is 4.74 Å². The van der Waals surface area contributed by atoms with Gasteiger partial charge in [0.1, 0.15) is 5.78 Å². The number of hydrogen-bond acceptors (Lipinski definition) is 3. The molecular formula is C12H21NO2. The van der Waals surface area contributed by atoms with Crippen molar-refractivity contribution in [1.29, 1.82) is 0 Å². The molecular weight excluding hydrogens is 190 g/mol. The maximum atomic E-state index is 11.9. The van der Waals surface area contributed by atoms with E-state index in [1.54, 1.807) is 0 Å². The summed E-state index contributed by atoms with van der Waals surface area (Å²) in [6, 6.07) is 0.652.